The van der Waals surface area contributed by atoms with Gasteiger partial charge >= 0.3 is 0 Å². The van der Waals surface area contributed by atoms with Crippen LogP contribution in [0.15, 0.2) is 5.16 Å². The first kappa shape index (κ1) is 8.35. The molecule has 0 atom stereocenters. The minimum atomic E-state index is 0.0291. The number of nitrogen functional groups attached to an aromatic ring is 1. The van der Waals surface area contributed by atoms with Gasteiger partial charge < -0.3 is 10.8 Å². The largest absolute Gasteiger partial charge is 0.394 e. The second kappa shape index (κ2) is 3.59. The monoisotopic (exact) mass is 174 g/mol. The van der Waals surface area contributed by atoms with Gasteiger partial charge in [-0.05, 0) is 6.26 Å². The summed E-state index contributed by atoms with van der Waals surface area (Å²) in [6.07, 6.45) is 1.87. The maximum absolute atomic E-state index is 8.58. The Hall–Kier alpha value is -0.750. The standard InChI is InChI=1S/C5H10N4OS/c1-11-5-7-4(6)9(8-5)2-3-10/h10H,2-3H2,1H3,(H2,6,7,8). The molecule has 1 aromatic rings. The van der Waals surface area contributed by atoms with E-state index in [0.29, 0.717) is 17.6 Å². The van der Waals surface area contributed by atoms with Gasteiger partial charge in [-0.25, -0.2) is 4.68 Å². The van der Waals surface area contributed by atoms with E-state index >= 15 is 0 Å². The van der Waals surface area contributed by atoms with E-state index in [0.717, 1.165) is 0 Å². The lowest BCUT2D eigenvalue weighted by molar-refractivity contribution is 0.269. The molecule has 0 bridgehead atoms. The zero-order chi connectivity index (χ0) is 8.27. The van der Waals surface area contributed by atoms with E-state index in [9.17, 15) is 0 Å². The minimum Gasteiger partial charge on any atom is -0.394 e. The van der Waals surface area contributed by atoms with Gasteiger partial charge in [0.05, 0.1) is 13.2 Å². The molecule has 0 aliphatic rings. The molecule has 0 radical (unpaired) electrons. The summed E-state index contributed by atoms with van der Waals surface area (Å²) in [5, 5.41) is 13.2. The number of nitrogens with two attached hydrogens (primary N) is 1. The normalized spacial score (nSPS) is 10.4. The van der Waals surface area contributed by atoms with Gasteiger partial charge in [0.2, 0.25) is 11.1 Å². The number of nitrogens with zero attached hydrogens (tertiary/aromatic N) is 3. The highest BCUT2D eigenvalue weighted by Crippen LogP contribution is 2.10. The van der Waals surface area contributed by atoms with Gasteiger partial charge in [0.15, 0.2) is 0 Å². The Kier molecular flexibility index (Phi) is 2.72. The zero-order valence-electron chi connectivity index (χ0n) is 6.19. The number of thioether (sulfide) groups is 1. The van der Waals surface area contributed by atoms with Gasteiger partial charge in [0.1, 0.15) is 0 Å². The second-order valence-electron chi connectivity index (χ2n) is 1.90. The number of rotatable bonds is 3. The van der Waals surface area contributed by atoms with Gasteiger partial charge in [-0.3, -0.25) is 0 Å². The Morgan fingerprint density at radius 2 is 2.45 bits per heavy atom. The second-order valence-corrected chi connectivity index (χ2v) is 2.68. The van der Waals surface area contributed by atoms with Crippen LogP contribution in [0.5, 0.6) is 0 Å². The molecule has 0 spiro atoms. The van der Waals surface area contributed by atoms with Gasteiger partial charge in [-0.1, -0.05) is 11.8 Å². The number of anilines is 1. The highest BCUT2D eigenvalue weighted by atomic mass is 32.2. The molecule has 0 aromatic carbocycles. The fourth-order valence-corrected chi connectivity index (χ4v) is 1.04. The maximum atomic E-state index is 8.58. The van der Waals surface area contributed by atoms with Gasteiger partial charge in [0.25, 0.3) is 0 Å². The first-order chi connectivity index (χ1) is 5.27. The van der Waals surface area contributed by atoms with Crippen molar-refractivity contribution in [3.63, 3.8) is 0 Å². The maximum Gasteiger partial charge on any atom is 0.219 e. The zero-order valence-corrected chi connectivity index (χ0v) is 7.01. The number of hydrogen-bond acceptors (Lipinski definition) is 5. The third-order valence-electron chi connectivity index (χ3n) is 1.18. The summed E-state index contributed by atoms with van der Waals surface area (Å²) in [7, 11) is 0. The quantitative estimate of drug-likeness (QED) is 0.608. The van der Waals surface area contributed by atoms with Crippen LogP contribution >= 0.6 is 11.8 Å². The number of hydrogen-bond donors (Lipinski definition) is 2. The lowest BCUT2D eigenvalue weighted by Crippen LogP contribution is -2.07. The molecule has 3 N–H and O–H groups in total. The molecule has 1 heterocycles. The van der Waals surface area contributed by atoms with Crippen molar-refractivity contribution < 1.29 is 5.11 Å². The smallest absolute Gasteiger partial charge is 0.219 e. The summed E-state index contributed by atoms with van der Waals surface area (Å²) < 4.78 is 1.48. The molecule has 1 rings (SSSR count). The van der Waals surface area contributed by atoms with Crippen molar-refractivity contribution in [3.8, 4) is 0 Å². The van der Waals surface area contributed by atoms with Crippen molar-refractivity contribution in [1.82, 2.24) is 14.8 Å². The molecule has 0 aliphatic heterocycles. The summed E-state index contributed by atoms with van der Waals surface area (Å²) in [5.41, 5.74) is 5.47. The number of aliphatic hydroxyl groups is 1. The number of aromatic nitrogens is 3. The predicted octanol–water partition coefficient (Wildman–Crippen LogP) is -0.426. The van der Waals surface area contributed by atoms with E-state index in [4.69, 9.17) is 10.8 Å². The first-order valence-corrected chi connectivity index (χ1v) is 4.35. The molecule has 5 nitrogen and oxygen atoms in total. The van der Waals surface area contributed by atoms with Crippen LogP contribution in [0, 0.1) is 0 Å². The van der Waals surface area contributed by atoms with E-state index in [2.05, 4.69) is 10.1 Å². The summed E-state index contributed by atoms with van der Waals surface area (Å²) >= 11 is 1.42. The van der Waals surface area contributed by atoms with Crippen LogP contribution in [0.25, 0.3) is 0 Å². The molecule has 0 amide bonds. The average molecular weight is 174 g/mol. The fourth-order valence-electron chi connectivity index (χ4n) is 0.678. The van der Waals surface area contributed by atoms with Crippen LogP contribution in [0.4, 0.5) is 5.95 Å². The van der Waals surface area contributed by atoms with Crippen molar-refractivity contribution in [2.75, 3.05) is 18.6 Å². The molecule has 11 heavy (non-hydrogen) atoms. The van der Waals surface area contributed by atoms with E-state index in [1.54, 1.807) is 0 Å². The van der Waals surface area contributed by atoms with E-state index in [1.807, 2.05) is 6.26 Å². The van der Waals surface area contributed by atoms with Gasteiger partial charge in [0, 0.05) is 0 Å². The van der Waals surface area contributed by atoms with Crippen LogP contribution in [-0.2, 0) is 6.54 Å². The van der Waals surface area contributed by atoms with E-state index < -0.39 is 0 Å². The Morgan fingerprint density at radius 1 is 1.73 bits per heavy atom. The van der Waals surface area contributed by atoms with Crippen LogP contribution in [0.2, 0.25) is 0 Å². The molecule has 0 aliphatic carbocycles. The minimum absolute atomic E-state index is 0.0291. The summed E-state index contributed by atoms with van der Waals surface area (Å²) in [5.74, 6) is 0.350. The fraction of sp³-hybridized carbons (Fsp3) is 0.600. The summed E-state index contributed by atoms with van der Waals surface area (Å²) in [6.45, 7) is 0.431. The van der Waals surface area contributed by atoms with Crippen molar-refractivity contribution in [1.29, 1.82) is 0 Å². The van der Waals surface area contributed by atoms with E-state index in [1.165, 1.54) is 16.4 Å². The Balaban J connectivity index is 2.79. The molecule has 0 unspecified atom stereocenters. The topological polar surface area (TPSA) is 77.0 Å². The first-order valence-electron chi connectivity index (χ1n) is 3.13. The van der Waals surface area contributed by atoms with Crippen LogP contribution in [0.1, 0.15) is 0 Å². The third-order valence-corrected chi connectivity index (χ3v) is 1.71. The highest BCUT2D eigenvalue weighted by Gasteiger charge is 2.03. The van der Waals surface area contributed by atoms with Crippen LogP contribution in [-0.4, -0.2) is 32.7 Å². The highest BCUT2D eigenvalue weighted by molar-refractivity contribution is 7.98. The third kappa shape index (κ3) is 1.84. The Morgan fingerprint density at radius 3 is 2.91 bits per heavy atom. The molecular formula is C5H10N4OS. The number of aliphatic hydroxyl groups excluding tert-OH is 1. The van der Waals surface area contributed by atoms with Crippen LogP contribution in [0.3, 0.4) is 0 Å². The Bertz CT molecular complexity index is 236. The van der Waals surface area contributed by atoms with Crippen molar-refractivity contribution in [2.45, 2.75) is 11.7 Å². The molecule has 62 valence electrons. The molecule has 6 heteroatoms. The average Bonchev–Trinajstić information content (AvgIpc) is 2.33. The lowest BCUT2D eigenvalue weighted by Gasteiger charge is -1.96. The van der Waals surface area contributed by atoms with Crippen LogP contribution < -0.4 is 5.73 Å². The van der Waals surface area contributed by atoms with Crippen molar-refractivity contribution in [2.24, 2.45) is 0 Å². The molecule has 0 saturated heterocycles. The Labute approximate surface area is 68.6 Å². The molecule has 1 aromatic heterocycles. The van der Waals surface area contributed by atoms with Crippen molar-refractivity contribution in [3.05, 3.63) is 0 Å². The van der Waals surface area contributed by atoms with E-state index in [-0.39, 0.29) is 6.61 Å². The molecular weight excluding hydrogens is 164 g/mol. The van der Waals surface area contributed by atoms with Crippen molar-refractivity contribution >= 4 is 17.7 Å². The molecule has 0 saturated carbocycles. The lowest BCUT2D eigenvalue weighted by atomic mass is 10.7. The SMILES string of the molecule is CSc1nc(N)n(CCO)n1. The predicted molar refractivity (Wildman–Crippen MR) is 43.3 cm³/mol. The summed E-state index contributed by atoms with van der Waals surface area (Å²) in [6, 6.07) is 0. The summed E-state index contributed by atoms with van der Waals surface area (Å²) in [4.78, 5) is 3.93. The van der Waals surface area contributed by atoms with Gasteiger partial charge in [-0.2, -0.15) is 4.98 Å². The van der Waals surface area contributed by atoms with Gasteiger partial charge in [-0.15, -0.1) is 5.10 Å². The molecule has 0 fully saturated rings.